The zero-order chi connectivity index (χ0) is 10.5. The molecule has 1 atom stereocenters. The first-order valence-corrected chi connectivity index (χ1v) is 6.15. The quantitative estimate of drug-likeness (QED) is 0.766. The van der Waals surface area contributed by atoms with E-state index in [0.29, 0.717) is 11.8 Å². The van der Waals surface area contributed by atoms with Gasteiger partial charge in [-0.15, -0.1) is 11.8 Å². The molecule has 1 aromatic heterocycles. The van der Waals surface area contributed by atoms with E-state index >= 15 is 0 Å². The van der Waals surface area contributed by atoms with E-state index in [1.165, 1.54) is 0 Å². The number of aromatic nitrogens is 1. The van der Waals surface area contributed by atoms with Crippen molar-refractivity contribution in [2.45, 2.75) is 17.6 Å². The summed E-state index contributed by atoms with van der Waals surface area (Å²) in [6.07, 6.45) is 2.94. The Bertz CT molecular complexity index is 318. The van der Waals surface area contributed by atoms with Crippen molar-refractivity contribution in [1.29, 1.82) is 0 Å². The van der Waals surface area contributed by atoms with Gasteiger partial charge < -0.3 is 9.47 Å². The summed E-state index contributed by atoms with van der Waals surface area (Å²) in [7, 11) is 0. The molecule has 82 valence electrons. The van der Waals surface area contributed by atoms with Crippen molar-refractivity contribution in [2.24, 2.45) is 0 Å². The van der Waals surface area contributed by atoms with Gasteiger partial charge in [0.15, 0.2) is 0 Å². The Labute approximate surface area is 98.1 Å². The number of pyridine rings is 1. The van der Waals surface area contributed by atoms with Gasteiger partial charge >= 0.3 is 0 Å². The first-order valence-electron chi connectivity index (χ1n) is 4.79. The van der Waals surface area contributed by atoms with Crippen LogP contribution in [0.25, 0.3) is 0 Å². The molecule has 0 amide bonds. The number of hydrogen-bond acceptors (Lipinski definition) is 4. The zero-order valence-corrected chi connectivity index (χ0v) is 9.76. The minimum atomic E-state index is 0.252. The van der Waals surface area contributed by atoms with E-state index in [1.807, 2.05) is 12.1 Å². The van der Waals surface area contributed by atoms with E-state index < -0.39 is 0 Å². The average molecular weight is 246 g/mol. The molecule has 0 saturated carbocycles. The van der Waals surface area contributed by atoms with Crippen LogP contribution in [0.5, 0.6) is 0 Å². The van der Waals surface area contributed by atoms with Gasteiger partial charge in [0, 0.05) is 11.9 Å². The summed E-state index contributed by atoms with van der Waals surface area (Å²) in [4.78, 5) is 4.21. The Kier molecular flexibility index (Phi) is 4.26. The second-order valence-electron chi connectivity index (χ2n) is 3.20. The predicted molar refractivity (Wildman–Crippen MR) is 60.3 cm³/mol. The molecular weight excluding hydrogens is 234 g/mol. The Morgan fingerprint density at radius 1 is 1.60 bits per heavy atom. The highest BCUT2D eigenvalue weighted by molar-refractivity contribution is 7.99. The van der Waals surface area contributed by atoms with Gasteiger partial charge in [0.2, 0.25) is 0 Å². The normalized spacial score (nSPS) is 21.5. The third-order valence-corrected chi connectivity index (χ3v) is 3.66. The number of rotatable bonds is 3. The zero-order valence-electron chi connectivity index (χ0n) is 8.19. The molecule has 1 aromatic rings. The highest BCUT2D eigenvalue weighted by Gasteiger charge is 2.15. The van der Waals surface area contributed by atoms with Crippen LogP contribution in [-0.2, 0) is 9.47 Å². The number of halogens is 1. The van der Waals surface area contributed by atoms with Crippen molar-refractivity contribution < 1.29 is 9.47 Å². The summed E-state index contributed by atoms with van der Waals surface area (Å²) < 4.78 is 10.5. The van der Waals surface area contributed by atoms with Crippen LogP contribution in [-0.4, -0.2) is 30.2 Å². The summed E-state index contributed by atoms with van der Waals surface area (Å²) in [5, 5.41) is 1.57. The molecule has 0 unspecified atom stereocenters. The summed E-state index contributed by atoms with van der Waals surface area (Å²) in [5.74, 6) is 0.875. The molecule has 0 aromatic carbocycles. The maximum absolute atomic E-state index is 5.99. The molecule has 3 nitrogen and oxygen atoms in total. The molecule has 0 spiro atoms. The molecular formula is C10H12ClNO2S. The van der Waals surface area contributed by atoms with Crippen molar-refractivity contribution in [3.8, 4) is 0 Å². The maximum atomic E-state index is 5.99. The number of ether oxygens (including phenoxy) is 2. The SMILES string of the molecule is Clc1cccnc1SC[C@H]1CCOCO1. The fourth-order valence-electron chi connectivity index (χ4n) is 1.28. The molecule has 0 radical (unpaired) electrons. The summed E-state index contributed by atoms with van der Waals surface area (Å²) >= 11 is 7.62. The molecule has 15 heavy (non-hydrogen) atoms. The summed E-state index contributed by atoms with van der Waals surface area (Å²) in [5.41, 5.74) is 0. The van der Waals surface area contributed by atoms with Gasteiger partial charge in [-0.1, -0.05) is 11.6 Å². The number of thioether (sulfide) groups is 1. The average Bonchev–Trinajstić information content (AvgIpc) is 2.29. The molecule has 1 saturated heterocycles. The molecule has 2 rings (SSSR count). The standard InChI is InChI=1S/C10H12ClNO2S/c11-9-2-1-4-12-10(9)15-6-8-3-5-13-7-14-8/h1-2,4,8H,3,5-7H2/t8-/m1/s1. The summed E-state index contributed by atoms with van der Waals surface area (Å²) in [6.45, 7) is 1.18. The van der Waals surface area contributed by atoms with E-state index in [0.717, 1.165) is 23.8 Å². The highest BCUT2D eigenvalue weighted by atomic mass is 35.5. The van der Waals surface area contributed by atoms with Crippen LogP contribution >= 0.6 is 23.4 Å². The van der Waals surface area contributed by atoms with Crippen LogP contribution in [0, 0.1) is 0 Å². The highest BCUT2D eigenvalue weighted by Crippen LogP contribution is 2.26. The molecule has 1 aliphatic rings. The lowest BCUT2D eigenvalue weighted by molar-refractivity contribution is -0.130. The smallest absolute Gasteiger partial charge is 0.147 e. The first kappa shape index (κ1) is 11.2. The lowest BCUT2D eigenvalue weighted by atomic mass is 10.3. The van der Waals surface area contributed by atoms with Crippen molar-refractivity contribution in [2.75, 3.05) is 19.2 Å². The van der Waals surface area contributed by atoms with Gasteiger partial charge in [-0.2, -0.15) is 0 Å². The molecule has 1 aliphatic heterocycles. The van der Waals surface area contributed by atoms with Gasteiger partial charge in [0.05, 0.1) is 17.7 Å². The van der Waals surface area contributed by atoms with Crippen molar-refractivity contribution in [3.05, 3.63) is 23.4 Å². The molecule has 5 heteroatoms. The Hall–Kier alpha value is -0.290. The van der Waals surface area contributed by atoms with Crippen molar-refractivity contribution in [3.63, 3.8) is 0 Å². The van der Waals surface area contributed by atoms with E-state index in [9.17, 15) is 0 Å². The first-order chi connectivity index (χ1) is 7.36. The van der Waals surface area contributed by atoms with Crippen molar-refractivity contribution >= 4 is 23.4 Å². The minimum absolute atomic E-state index is 0.252. The van der Waals surface area contributed by atoms with E-state index in [-0.39, 0.29) is 6.10 Å². The van der Waals surface area contributed by atoms with Gasteiger partial charge in [0.1, 0.15) is 11.8 Å². The molecule has 0 N–H and O–H groups in total. The molecule has 2 heterocycles. The summed E-state index contributed by atoms with van der Waals surface area (Å²) in [6, 6.07) is 3.68. The van der Waals surface area contributed by atoms with Gasteiger partial charge in [0.25, 0.3) is 0 Å². The van der Waals surface area contributed by atoms with Crippen LogP contribution < -0.4 is 0 Å². The second kappa shape index (κ2) is 5.70. The van der Waals surface area contributed by atoms with Crippen LogP contribution in [0.2, 0.25) is 5.02 Å². The molecule has 0 aliphatic carbocycles. The van der Waals surface area contributed by atoms with E-state index in [1.54, 1.807) is 18.0 Å². The van der Waals surface area contributed by atoms with Gasteiger partial charge in [-0.05, 0) is 18.6 Å². The van der Waals surface area contributed by atoms with Crippen LogP contribution in [0.1, 0.15) is 6.42 Å². The second-order valence-corrected chi connectivity index (χ2v) is 4.62. The van der Waals surface area contributed by atoms with Gasteiger partial charge in [-0.25, -0.2) is 4.98 Å². The third-order valence-electron chi connectivity index (χ3n) is 2.10. The minimum Gasteiger partial charge on any atom is -0.355 e. The Balaban J connectivity index is 1.84. The maximum Gasteiger partial charge on any atom is 0.147 e. The third kappa shape index (κ3) is 3.34. The van der Waals surface area contributed by atoms with Crippen LogP contribution in [0.3, 0.4) is 0 Å². The lowest BCUT2D eigenvalue weighted by Gasteiger charge is -2.22. The lowest BCUT2D eigenvalue weighted by Crippen LogP contribution is -2.25. The van der Waals surface area contributed by atoms with Crippen LogP contribution in [0.15, 0.2) is 23.4 Å². The predicted octanol–water partition coefficient (Wildman–Crippen LogP) is 2.59. The monoisotopic (exact) mass is 245 g/mol. The number of hydrogen-bond donors (Lipinski definition) is 0. The number of nitrogens with zero attached hydrogens (tertiary/aromatic N) is 1. The molecule has 0 bridgehead atoms. The topological polar surface area (TPSA) is 31.4 Å². The Morgan fingerprint density at radius 3 is 3.27 bits per heavy atom. The largest absolute Gasteiger partial charge is 0.355 e. The molecule has 1 fully saturated rings. The Morgan fingerprint density at radius 2 is 2.53 bits per heavy atom. The fraction of sp³-hybridized carbons (Fsp3) is 0.500. The van der Waals surface area contributed by atoms with E-state index in [2.05, 4.69) is 4.98 Å². The van der Waals surface area contributed by atoms with Gasteiger partial charge in [-0.3, -0.25) is 0 Å². The van der Waals surface area contributed by atoms with E-state index in [4.69, 9.17) is 21.1 Å². The van der Waals surface area contributed by atoms with Crippen LogP contribution in [0.4, 0.5) is 0 Å². The van der Waals surface area contributed by atoms with Crippen molar-refractivity contribution in [1.82, 2.24) is 4.98 Å². The fourth-order valence-corrected chi connectivity index (χ4v) is 2.52.